The van der Waals surface area contributed by atoms with Gasteiger partial charge in [0.05, 0.1) is 12.7 Å². The number of piperidine rings is 1. The number of fused-ring (bicyclic) bond motifs is 1. The van der Waals surface area contributed by atoms with Crippen LogP contribution >= 0.6 is 12.4 Å². The Balaban J connectivity index is 0.00000253. The number of ether oxygens (including phenoxy) is 1. The molecule has 4 rings (SSSR count). The molecule has 2 aliphatic rings. The van der Waals surface area contributed by atoms with Crippen molar-refractivity contribution < 1.29 is 19.8 Å². The fourth-order valence-corrected chi connectivity index (χ4v) is 4.74. The van der Waals surface area contributed by atoms with E-state index in [-0.39, 0.29) is 42.0 Å². The van der Waals surface area contributed by atoms with E-state index in [1.807, 2.05) is 48.8 Å². The smallest absolute Gasteiger partial charge is 0.410 e. The molecule has 0 aromatic carbocycles. The maximum atomic E-state index is 12.8. The summed E-state index contributed by atoms with van der Waals surface area (Å²) in [5.41, 5.74) is 2.98. The van der Waals surface area contributed by atoms with Crippen LogP contribution in [0.15, 0.2) is 24.4 Å². The number of nitrogens with zero attached hydrogens (tertiary/aromatic N) is 6. The van der Waals surface area contributed by atoms with Crippen molar-refractivity contribution in [1.82, 2.24) is 29.3 Å². The molecule has 2 saturated heterocycles. The first kappa shape index (κ1) is 31.3. The fourth-order valence-electron chi connectivity index (χ4n) is 4.74. The Kier molecular flexibility index (Phi) is 11.4. The van der Waals surface area contributed by atoms with Gasteiger partial charge in [0.15, 0.2) is 5.65 Å². The van der Waals surface area contributed by atoms with E-state index in [4.69, 9.17) is 9.72 Å². The lowest BCUT2D eigenvalue weighted by Gasteiger charge is -2.33. The Morgan fingerprint density at radius 3 is 2.53 bits per heavy atom. The van der Waals surface area contributed by atoms with Crippen LogP contribution in [-0.2, 0) is 9.53 Å². The van der Waals surface area contributed by atoms with Gasteiger partial charge in [-0.15, -0.1) is 12.4 Å². The predicted molar refractivity (Wildman–Crippen MR) is 150 cm³/mol. The summed E-state index contributed by atoms with van der Waals surface area (Å²) in [6, 6.07) is 2.26. The summed E-state index contributed by atoms with van der Waals surface area (Å²) < 4.78 is 7.62. The topological polar surface area (TPSA) is 127 Å². The van der Waals surface area contributed by atoms with E-state index >= 15 is 0 Å². The van der Waals surface area contributed by atoms with Gasteiger partial charge in [-0.3, -0.25) is 4.79 Å². The lowest BCUT2D eigenvalue weighted by molar-refractivity contribution is -0.125. The van der Waals surface area contributed by atoms with E-state index < -0.39 is 0 Å². The average Bonchev–Trinajstić information content (AvgIpc) is 3.46. The van der Waals surface area contributed by atoms with Crippen LogP contribution in [0.5, 0.6) is 0 Å². The van der Waals surface area contributed by atoms with Crippen LogP contribution in [0.1, 0.15) is 50.3 Å². The minimum absolute atomic E-state index is 0. The maximum Gasteiger partial charge on any atom is 0.410 e. The number of likely N-dealkylation sites (N-methyl/N-ethyl adjacent to an activating group) is 1. The number of carbonyl (C=O) groups is 2. The minimum atomic E-state index is -0.285. The molecule has 212 valence electrons. The Morgan fingerprint density at radius 2 is 1.87 bits per heavy atom. The third-order valence-electron chi connectivity index (χ3n) is 6.81. The number of likely N-dealkylation sites (tertiary alicyclic amines) is 2. The number of rotatable bonds is 7. The molecular formula is C26H42ClN7O4. The standard InChI is InChI=1S/C26H39N7O3.ClH.H2O/c1-18(2)22-16-27-33-23(15-19(3)28-25(22)33)29-20-8-12-31(13-9-20)26(35)36-21-10-14-32(17-21)24(34)7-6-11-30(4)5;;/h6-7,15-16,18,20-21,29H,8-14,17H2,1-5H3;1H;1H2/b7-6+;;/t21-;;/m0../s1. The van der Waals surface area contributed by atoms with E-state index in [0.29, 0.717) is 38.5 Å². The van der Waals surface area contributed by atoms with Gasteiger partial charge >= 0.3 is 6.09 Å². The molecule has 4 heterocycles. The summed E-state index contributed by atoms with van der Waals surface area (Å²) in [5.74, 6) is 1.25. The molecule has 0 bridgehead atoms. The van der Waals surface area contributed by atoms with Crippen LogP contribution in [0.4, 0.5) is 10.6 Å². The molecular weight excluding hydrogens is 510 g/mol. The van der Waals surface area contributed by atoms with E-state index in [2.05, 4.69) is 24.3 Å². The van der Waals surface area contributed by atoms with Gasteiger partial charge in [0, 0.05) is 62.0 Å². The van der Waals surface area contributed by atoms with Crippen LogP contribution in [0, 0.1) is 6.92 Å². The predicted octanol–water partition coefficient (Wildman–Crippen LogP) is 2.49. The fraction of sp³-hybridized carbons (Fsp3) is 0.615. The molecule has 12 heteroatoms. The molecule has 0 aliphatic carbocycles. The first-order valence-corrected chi connectivity index (χ1v) is 12.9. The molecule has 38 heavy (non-hydrogen) atoms. The molecule has 0 spiro atoms. The summed E-state index contributed by atoms with van der Waals surface area (Å²) in [5, 5.41) is 8.18. The second-order valence-corrected chi connectivity index (χ2v) is 10.4. The molecule has 2 aromatic rings. The third kappa shape index (κ3) is 7.58. The van der Waals surface area contributed by atoms with E-state index in [1.165, 1.54) is 0 Å². The zero-order chi connectivity index (χ0) is 25.8. The molecule has 2 fully saturated rings. The van der Waals surface area contributed by atoms with Crippen molar-refractivity contribution in [3.63, 3.8) is 0 Å². The van der Waals surface area contributed by atoms with Crippen LogP contribution < -0.4 is 5.32 Å². The van der Waals surface area contributed by atoms with Crippen molar-refractivity contribution in [2.75, 3.05) is 52.1 Å². The van der Waals surface area contributed by atoms with Crippen LogP contribution in [0.3, 0.4) is 0 Å². The molecule has 0 radical (unpaired) electrons. The van der Waals surface area contributed by atoms with Crippen molar-refractivity contribution in [3.05, 3.63) is 35.7 Å². The first-order valence-electron chi connectivity index (χ1n) is 12.9. The van der Waals surface area contributed by atoms with Gasteiger partial charge in [-0.05, 0) is 39.8 Å². The maximum absolute atomic E-state index is 12.8. The van der Waals surface area contributed by atoms with Gasteiger partial charge in [-0.2, -0.15) is 9.61 Å². The molecule has 11 nitrogen and oxygen atoms in total. The van der Waals surface area contributed by atoms with Crippen molar-refractivity contribution >= 4 is 35.9 Å². The largest absolute Gasteiger partial charge is 0.444 e. The number of hydrogen-bond donors (Lipinski definition) is 1. The second-order valence-electron chi connectivity index (χ2n) is 10.4. The minimum Gasteiger partial charge on any atom is -0.444 e. The average molecular weight is 552 g/mol. The number of hydrogen-bond acceptors (Lipinski definition) is 7. The lowest BCUT2D eigenvalue weighted by atomic mass is 10.1. The van der Waals surface area contributed by atoms with Crippen molar-refractivity contribution in [3.8, 4) is 0 Å². The summed E-state index contributed by atoms with van der Waals surface area (Å²) in [4.78, 5) is 35.3. The lowest BCUT2D eigenvalue weighted by Crippen LogP contribution is -2.44. The second kappa shape index (κ2) is 13.8. The summed E-state index contributed by atoms with van der Waals surface area (Å²) in [6.45, 7) is 9.33. The number of amides is 2. The number of halogens is 1. The van der Waals surface area contributed by atoms with Crippen molar-refractivity contribution in [2.45, 2.75) is 58.1 Å². The number of aryl methyl sites for hydroxylation is 1. The summed E-state index contributed by atoms with van der Waals surface area (Å²) in [6.07, 6.45) is 7.14. The summed E-state index contributed by atoms with van der Waals surface area (Å²) in [7, 11) is 3.92. The Labute approximate surface area is 230 Å². The number of carbonyl (C=O) groups excluding carboxylic acids is 2. The van der Waals surface area contributed by atoms with Crippen molar-refractivity contribution in [2.24, 2.45) is 0 Å². The number of nitrogens with one attached hydrogen (secondary N) is 1. The highest BCUT2D eigenvalue weighted by atomic mass is 35.5. The quantitative estimate of drug-likeness (QED) is 0.524. The third-order valence-corrected chi connectivity index (χ3v) is 6.81. The van der Waals surface area contributed by atoms with Gasteiger partial charge in [0.2, 0.25) is 5.91 Å². The molecule has 1 atom stereocenters. The monoisotopic (exact) mass is 551 g/mol. The first-order chi connectivity index (χ1) is 17.2. The van der Waals surface area contributed by atoms with Crippen LogP contribution in [0.2, 0.25) is 0 Å². The highest BCUT2D eigenvalue weighted by molar-refractivity contribution is 5.87. The number of anilines is 1. The zero-order valence-corrected chi connectivity index (χ0v) is 23.8. The van der Waals surface area contributed by atoms with Gasteiger partial charge in [0.1, 0.15) is 11.9 Å². The van der Waals surface area contributed by atoms with Gasteiger partial charge in [-0.1, -0.05) is 19.9 Å². The molecule has 2 aliphatic heterocycles. The normalized spacial score (nSPS) is 18.2. The molecule has 0 unspecified atom stereocenters. The van der Waals surface area contributed by atoms with Crippen LogP contribution in [0.25, 0.3) is 5.65 Å². The van der Waals surface area contributed by atoms with Crippen LogP contribution in [-0.4, -0.2) is 106 Å². The van der Waals surface area contributed by atoms with E-state index in [9.17, 15) is 9.59 Å². The number of aromatic nitrogens is 3. The van der Waals surface area contributed by atoms with E-state index in [0.717, 1.165) is 42.1 Å². The summed E-state index contributed by atoms with van der Waals surface area (Å²) >= 11 is 0. The van der Waals surface area contributed by atoms with Gasteiger partial charge < -0.3 is 30.2 Å². The highest BCUT2D eigenvalue weighted by Crippen LogP contribution is 2.24. The molecule has 3 N–H and O–H groups in total. The van der Waals surface area contributed by atoms with E-state index in [1.54, 1.807) is 15.9 Å². The Bertz CT molecular complexity index is 1110. The van der Waals surface area contributed by atoms with Gasteiger partial charge in [-0.25, -0.2) is 9.78 Å². The molecule has 2 amide bonds. The molecule has 2 aromatic heterocycles. The van der Waals surface area contributed by atoms with Crippen molar-refractivity contribution in [1.29, 1.82) is 0 Å². The highest BCUT2D eigenvalue weighted by Gasteiger charge is 2.31. The zero-order valence-electron chi connectivity index (χ0n) is 23.0. The Morgan fingerprint density at radius 1 is 1.18 bits per heavy atom. The van der Waals surface area contributed by atoms with Gasteiger partial charge in [0.25, 0.3) is 0 Å². The molecule has 0 saturated carbocycles. The SMILES string of the molecule is Cc1cc(NC2CCN(C(=O)O[C@H]3CCN(C(=O)/C=C/CN(C)C)C3)CC2)n2ncc(C(C)C)c2n1.Cl.O. The Hall–Kier alpha value is -2.89.